The van der Waals surface area contributed by atoms with Gasteiger partial charge in [0.15, 0.2) is 0 Å². The topological polar surface area (TPSA) is 74.2 Å². The van der Waals surface area contributed by atoms with Crippen molar-refractivity contribution in [3.05, 3.63) is 75.8 Å². The van der Waals surface area contributed by atoms with E-state index in [0.717, 1.165) is 26.7 Å². The highest BCUT2D eigenvalue weighted by Crippen LogP contribution is 2.26. The second kappa shape index (κ2) is 8.22. The Hall–Kier alpha value is -2.25. The van der Waals surface area contributed by atoms with E-state index in [1.807, 2.05) is 42.5 Å². The minimum absolute atomic E-state index is 0.435. The first-order chi connectivity index (χ1) is 12.2. The standard InChI is InChI=1S/C18H16ClN3O2S/c19-14-4-2-1-3-13(14)11-20-9-12-5-6-15(21-10-12)16-7-8-17(25-16)18(23)22-24/h1-8,10,20,24H,9,11H2,(H,22,23). The van der Waals surface area contributed by atoms with Gasteiger partial charge in [0.25, 0.3) is 5.91 Å². The van der Waals surface area contributed by atoms with Crippen molar-refractivity contribution in [2.24, 2.45) is 0 Å². The van der Waals surface area contributed by atoms with E-state index in [9.17, 15) is 4.79 Å². The maximum absolute atomic E-state index is 11.4. The normalized spacial score (nSPS) is 10.6. The largest absolute Gasteiger partial charge is 0.309 e. The van der Waals surface area contributed by atoms with Crippen LogP contribution in [0.4, 0.5) is 0 Å². The highest BCUT2D eigenvalue weighted by Gasteiger charge is 2.10. The smallest absolute Gasteiger partial charge is 0.284 e. The zero-order valence-corrected chi connectivity index (χ0v) is 14.8. The zero-order valence-electron chi connectivity index (χ0n) is 13.2. The molecule has 3 aromatic rings. The Bertz CT molecular complexity index is 865. The molecule has 1 aromatic carbocycles. The van der Waals surface area contributed by atoms with Crippen LogP contribution in [-0.4, -0.2) is 16.1 Å². The van der Waals surface area contributed by atoms with Gasteiger partial charge in [0.2, 0.25) is 0 Å². The van der Waals surface area contributed by atoms with Crippen molar-refractivity contribution < 1.29 is 10.0 Å². The molecule has 128 valence electrons. The Morgan fingerprint density at radius 2 is 1.96 bits per heavy atom. The summed E-state index contributed by atoms with van der Waals surface area (Å²) in [6.07, 6.45) is 1.81. The van der Waals surface area contributed by atoms with E-state index in [0.29, 0.717) is 18.0 Å². The fourth-order valence-corrected chi connectivity index (χ4v) is 3.39. The summed E-state index contributed by atoms with van der Waals surface area (Å²) in [4.78, 5) is 17.1. The van der Waals surface area contributed by atoms with E-state index in [4.69, 9.17) is 16.8 Å². The molecule has 3 N–H and O–H groups in total. The van der Waals surface area contributed by atoms with E-state index < -0.39 is 5.91 Å². The summed E-state index contributed by atoms with van der Waals surface area (Å²) in [5, 5.41) is 12.8. The van der Waals surface area contributed by atoms with E-state index in [1.165, 1.54) is 11.3 Å². The molecule has 0 saturated heterocycles. The van der Waals surface area contributed by atoms with E-state index in [1.54, 1.807) is 17.7 Å². The Kier molecular flexibility index (Phi) is 5.78. The molecule has 0 unspecified atom stereocenters. The Balaban J connectivity index is 1.60. The molecule has 0 bridgehead atoms. The van der Waals surface area contributed by atoms with Crippen LogP contribution < -0.4 is 10.8 Å². The number of nitrogens with one attached hydrogen (secondary N) is 2. The second-order valence-electron chi connectivity index (χ2n) is 5.35. The number of benzene rings is 1. The molecule has 1 amide bonds. The third-order valence-electron chi connectivity index (χ3n) is 3.61. The van der Waals surface area contributed by atoms with Crippen LogP contribution in [0, 0.1) is 0 Å². The van der Waals surface area contributed by atoms with Crippen molar-refractivity contribution in [1.82, 2.24) is 15.8 Å². The molecule has 0 atom stereocenters. The molecule has 0 saturated carbocycles. The molecule has 0 spiro atoms. The molecular weight excluding hydrogens is 358 g/mol. The molecule has 0 radical (unpaired) electrons. The first kappa shape index (κ1) is 17.6. The first-order valence-corrected chi connectivity index (χ1v) is 8.80. The van der Waals surface area contributed by atoms with Crippen LogP contribution in [0.25, 0.3) is 10.6 Å². The molecule has 25 heavy (non-hydrogen) atoms. The number of thiophene rings is 1. The predicted octanol–water partition coefficient (Wildman–Crippen LogP) is 3.87. The zero-order chi connectivity index (χ0) is 17.6. The van der Waals surface area contributed by atoms with Crippen molar-refractivity contribution in [3.63, 3.8) is 0 Å². The number of amides is 1. The molecule has 5 nitrogen and oxygen atoms in total. The van der Waals surface area contributed by atoms with Crippen LogP contribution in [0.5, 0.6) is 0 Å². The number of hydrogen-bond donors (Lipinski definition) is 3. The predicted molar refractivity (Wildman–Crippen MR) is 98.8 cm³/mol. The maximum atomic E-state index is 11.4. The summed E-state index contributed by atoms with van der Waals surface area (Å²) in [6, 6.07) is 15.1. The van der Waals surface area contributed by atoms with Crippen molar-refractivity contribution in [3.8, 4) is 10.6 Å². The van der Waals surface area contributed by atoms with Gasteiger partial charge in [0.1, 0.15) is 0 Å². The third-order valence-corrected chi connectivity index (χ3v) is 5.09. The molecule has 7 heteroatoms. The van der Waals surface area contributed by atoms with Gasteiger partial charge in [-0.2, -0.15) is 0 Å². The van der Waals surface area contributed by atoms with Gasteiger partial charge in [-0.1, -0.05) is 35.9 Å². The number of rotatable bonds is 6. The third kappa shape index (κ3) is 4.43. The Morgan fingerprint density at radius 1 is 1.12 bits per heavy atom. The van der Waals surface area contributed by atoms with Crippen molar-refractivity contribution in [2.45, 2.75) is 13.1 Å². The lowest BCUT2D eigenvalue weighted by molar-refractivity contribution is 0.0711. The SMILES string of the molecule is O=C(NO)c1ccc(-c2ccc(CNCc3ccccc3Cl)cn2)s1. The number of hydroxylamine groups is 1. The average Bonchev–Trinajstić information content (AvgIpc) is 3.13. The van der Waals surface area contributed by atoms with Gasteiger partial charge >= 0.3 is 0 Å². The van der Waals surface area contributed by atoms with Gasteiger partial charge in [-0.15, -0.1) is 11.3 Å². The lowest BCUT2D eigenvalue weighted by Gasteiger charge is -2.07. The number of aromatic nitrogens is 1. The molecule has 2 heterocycles. The minimum Gasteiger partial charge on any atom is -0.309 e. The lowest BCUT2D eigenvalue weighted by Crippen LogP contribution is -2.16. The molecule has 0 aliphatic heterocycles. The second-order valence-corrected chi connectivity index (χ2v) is 6.84. The molecule has 0 aliphatic rings. The fourth-order valence-electron chi connectivity index (χ4n) is 2.31. The van der Waals surface area contributed by atoms with Crippen LogP contribution in [0.2, 0.25) is 5.02 Å². The van der Waals surface area contributed by atoms with Gasteiger partial charge in [-0.25, -0.2) is 5.48 Å². The summed E-state index contributed by atoms with van der Waals surface area (Å²) in [5.74, 6) is -0.517. The summed E-state index contributed by atoms with van der Waals surface area (Å²) < 4.78 is 0. The number of hydrogen-bond acceptors (Lipinski definition) is 5. The first-order valence-electron chi connectivity index (χ1n) is 7.61. The summed E-state index contributed by atoms with van der Waals surface area (Å²) in [6.45, 7) is 1.37. The number of carbonyl (C=O) groups is 1. The maximum Gasteiger partial charge on any atom is 0.284 e. The summed E-state index contributed by atoms with van der Waals surface area (Å²) in [5.41, 5.74) is 4.53. The molecule has 3 rings (SSSR count). The number of pyridine rings is 1. The Labute approximate surface area is 154 Å². The highest BCUT2D eigenvalue weighted by atomic mass is 35.5. The molecule has 0 fully saturated rings. The van der Waals surface area contributed by atoms with Gasteiger partial charge in [0.05, 0.1) is 15.4 Å². The van der Waals surface area contributed by atoms with Crippen LogP contribution in [0.15, 0.2) is 54.7 Å². The van der Waals surface area contributed by atoms with Gasteiger partial charge in [-0.05, 0) is 35.4 Å². The summed E-state index contributed by atoms with van der Waals surface area (Å²) >= 11 is 7.41. The summed E-state index contributed by atoms with van der Waals surface area (Å²) in [7, 11) is 0. The van der Waals surface area contributed by atoms with Crippen LogP contribution in [0.3, 0.4) is 0 Å². The van der Waals surface area contributed by atoms with Crippen LogP contribution in [-0.2, 0) is 13.1 Å². The highest BCUT2D eigenvalue weighted by molar-refractivity contribution is 7.17. The van der Waals surface area contributed by atoms with E-state index >= 15 is 0 Å². The average molecular weight is 374 g/mol. The van der Waals surface area contributed by atoms with Gasteiger partial charge in [-0.3, -0.25) is 15.0 Å². The van der Waals surface area contributed by atoms with Gasteiger partial charge < -0.3 is 5.32 Å². The molecular formula is C18H16ClN3O2S. The lowest BCUT2D eigenvalue weighted by atomic mass is 10.2. The molecule has 0 aliphatic carbocycles. The monoisotopic (exact) mass is 373 g/mol. The minimum atomic E-state index is -0.517. The van der Waals surface area contributed by atoms with Crippen LogP contribution >= 0.6 is 22.9 Å². The number of halogens is 1. The van der Waals surface area contributed by atoms with Crippen molar-refractivity contribution in [2.75, 3.05) is 0 Å². The number of carbonyl (C=O) groups excluding carboxylic acids is 1. The van der Waals surface area contributed by atoms with Crippen molar-refractivity contribution >= 4 is 28.8 Å². The fraction of sp³-hybridized carbons (Fsp3) is 0.111. The van der Waals surface area contributed by atoms with Crippen LogP contribution in [0.1, 0.15) is 20.8 Å². The van der Waals surface area contributed by atoms with E-state index in [-0.39, 0.29) is 0 Å². The quantitative estimate of drug-likeness (QED) is 0.453. The van der Waals surface area contributed by atoms with Crippen molar-refractivity contribution in [1.29, 1.82) is 0 Å². The Morgan fingerprint density at radius 3 is 2.68 bits per heavy atom. The van der Waals surface area contributed by atoms with E-state index in [2.05, 4.69) is 10.3 Å². The molecule has 2 aromatic heterocycles. The number of nitrogens with zero attached hydrogens (tertiary/aromatic N) is 1. The van der Waals surface area contributed by atoms with Gasteiger partial charge in [0, 0.05) is 24.3 Å².